The number of likely N-dealkylation sites (N-methyl/N-ethyl adjacent to an activating group) is 1. The molecule has 1 saturated heterocycles. The second kappa shape index (κ2) is 6.27. The fourth-order valence-electron chi connectivity index (χ4n) is 2.67. The quantitative estimate of drug-likeness (QED) is 0.834. The number of halogens is 1. The predicted octanol–water partition coefficient (Wildman–Crippen LogP) is 2.65. The second-order valence-electron chi connectivity index (χ2n) is 5.33. The summed E-state index contributed by atoms with van der Waals surface area (Å²) < 4.78 is 1.00. The van der Waals surface area contributed by atoms with E-state index in [1.54, 1.807) is 4.90 Å². The summed E-state index contributed by atoms with van der Waals surface area (Å²) in [6.07, 6.45) is 0.214. The number of nitrogens with zero attached hydrogens (tertiary/aromatic N) is 3. The normalized spacial score (nSPS) is 23.4. The summed E-state index contributed by atoms with van der Waals surface area (Å²) in [6.45, 7) is 3.64. The Morgan fingerprint density at radius 1 is 1.35 bits per heavy atom. The molecule has 0 N–H and O–H groups in total. The van der Waals surface area contributed by atoms with Crippen LogP contribution in [0.4, 0.5) is 5.69 Å². The molecule has 0 aromatic heterocycles. The fraction of sp³-hybridized carbons (Fsp3) is 0.467. The van der Waals surface area contributed by atoms with Gasteiger partial charge in [0.1, 0.15) is 6.04 Å². The van der Waals surface area contributed by atoms with Gasteiger partial charge in [-0.2, -0.15) is 5.26 Å². The van der Waals surface area contributed by atoms with Crippen LogP contribution in [-0.2, 0) is 4.79 Å². The summed E-state index contributed by atoms with van der Waals surface area (Å²) in [4.78, 5) is 16.3. The van der Waals surface area contributed by atoms with Crippen LogP contribution < -0.4 is 4.90 Å². The zero-order valence-corrected chi connectivity index (χ0v) is 13.3. The molecule has 1 aliphatic heterocycles. The maximum absolute atomic E-state index is 12.5. The highest BCUT2D eigenvalue weighted by Gasteiger charge is 2.33. The van der Waals surface area contributed by atoms with Gasteiger partial charge in [0.2, 0.25) is 5.91 Å². The molecule has 5 heteroatoms. The first-order chi connectivity index (χ1) is 9.52. The largest absolute Gasteiger partial charge is 0.358 e. The summed E-state index contributed by atoms with van der Waals surface area (Å²) in [6, 6.07) is 9.64. The van der Waals surface area contributed by atoms with Gasteiger partial charge in [0, 0.05) is 30.3 Å². The van der Waals surface area contributed by atoms with Crippen molar-refractivity contribution in [1.29, 1.82) is 5.26 Å². The van der Waals surface area contributed by atoms with Crippen LogP contribution in [0, 0.1) is 17.2 Å². The summed E-state index contributed by atoms with van der Waals surface area (Å²) in [5.41, 5.74) is 0.990. The van der Waals surface area contributed by atoms with Crippen LogP contribution in [0.25, 0.3) is 0 Å². The molecule has 0 radical (unpaired) electrons. The highest BCUT2D eigenvalue weighted by Crippen LogP contribution is 2.25. The number of hydrogen-bond donors (Lipinski definition) is 0. The molecule has 2 rings (SSSR count). The Morgan fingerprint density at radius 2 is 2.00 bits per heavy atom. The van der Waals surface area contributed by atoms with Gasteiger partial charge in [-0.25, -0.2) is 0 Å². The number of anilines is 1. The number of carbonyl (C=O) groups excluding carboxylic acids is 1. The van der Waals surface area contributed by atoms with Crippen LogP contribution >= 0.6 is 15.9 Å². The molecule has 1 aliphatic rings. The van der Waals surface area contributed by atoms with E-state index in [1.165, 1.54) is 0 Å². The van der Waals surface area contributed by atoms with Crippen molar-refractivity contribution in [2.75, 3.05) is 25.0 Å². The molecule has 1 amide bonds. The molecule has 20 heavy (non-hydrogen) atoms. The van der Waals surface area contributed by atoms with E-state index in [-0.39, 0.29) is 12.3 Å². The van der Waals surface area contributed by atoms with E-state index in [9.17, 15) is 4.79 Å². The number of rotatable bonds is 2. The molecule has 106 valence electrons. The number of amides is 1. The van der Waals surface area contributed by atoms with Gasteiger partial charge >= 0.3 is 0 Å². The molecule has 0 aliphatic carbocycles. The van der Waals surface area contributed by atoms with Crippen molar-refractivity contribution in [3.05, 3.63) is 28.7 Å². The standard InChI is InChI=1S/C15H18BrN3O/c1-11-9-18(2)15(20)14(7-8-17)19(10-11)13-5-3-12(16)4-6-13/h3-6,11,14H,7,9-10H2,1-2H3. The molecule has 0 saturated carbocycles. The van der Waals surface area contributed by atoms with Gasteiger partial charge in [-0.05, 0) is 30.2 Å². The number of carbonyl (C=O) groups is 1. The molecule has 4 nitrogen and oxygen atoms in total. The smallest absolute Gasteiger partial charge is 0.246 e. The zero-order valence-electron chi connectivity index (χ0n) is 11.7. The monoisotopic (exact) mass is 335 g/mol. The molecule has 1 heterocycles. The minimum Gasteiger partial charge on any atom is -0.358 e. The molecule has 0 spiro atoms. The van der Waals surface area contributed by atoms with Crippen LogP contribution in [0.15, 0.2) is 28.7 Å². The lowest BCUT2D eigenvalue weighted by molar-refractivity contribution is -0.130. The molecule has 2 unspecified atom stereocenters. The van der Waals surface area contributed by atoms with Gasteiger partial charge in [-0.15, -0.1) is 0 Å². The van der Waals surface area contributed by atoms with Crippen LogP contribution in [0.2, 0.25) is 0 Å². The molecule has 1 fully saturated rings. The third-order valence-electron chi connectivity index (χ3n) is 3.57. The van der Waals surface area contributed by atoms with Crippen molar-refractivity contribution in [1.82, 2.24) is 4.90 Å². The number of hydrogen-bond acceptors (Lipinski definition) is 3. The lowest BCUT2D eigenvalue weighted by atomic mass is 10.1. The third kappa shape index (κ3) is 3.13. The van der Waals surface area contributed by atoms with Crippen molar-refractivity contribution < 1.29 is 4.79 Å². The highest BCUT2D eigenvalue weighted by atomic mass is 79.9. The van der Waals surface area contributed by atoms with E-state index in [1.807, 2.05) is 31.3 Å². The van der Waals surface area contributed by atoms with E-state index in [2.05, 4.69) is 33.8 Å². The number of benzene rings is 1. The Hall–Kier alpha value is -1.54. The van der Waals surface area contributed by atoms with Crippen LogP contribution in [0.1, 0.15) is 13.3 Å². The van der Waals surface area contributed by atoms with E-state index in [4.69, 9.17) is 5.26 Å². The summed E-state index contributed by atoms with van der Waals surface area (Å²) in [5, 5.41) is 9.03. The molecule has 1 aromatic rings. The first-order valence-electron chi connectivity index (χ1n) is 6.67. The Morgan fingerprint density at radius 3 is 2.60 bits per heavy atom. The molecular weight excluding hydrogens is 318 g/mol. The minimum atomic E-state index is -0.392. The third-order valence-corrected chi connectivity index (χ3v) is 4.10. The minimum absolute atomic E-state index is 0.0267. The molecule has 2 atom stereocenters. The Kier molecular flexibility index (Phi) is 4.66. The first-order valence-corrected chi connectivity index (χ1v) is 7.46. The van der Waals surface area contributed by atoms with Crippen molar-refractivity contribution >= 4 is 27.5 Å². The van der Waals surface area contributed by atoms with E-state index in [0.717, 1.165) is 23.2 Å². The molecule has 0 bridgehead atoms. The van der Waals surface area contributed by atoms with E-state index < -0.39 is 6.04 Å². The summed E-state index contributed by atoms with van der Waals surface area (Å²) in [5.74, 6) is 0.398. The second-order valence-corrected chi connectivity index (χ2v) is 6.25. The van der Waals surface area contributed by atoms with Crippen LogP contribution in [0.3, 0.4) is 0 Å². The highest BCUT2D eigenvalue weighted by molar-refractivity contribution is 9.10. The topological polar surface area (TPSA) is 47.3 Å². The SMILES string of the molecule is CC1CN(C)C(=O)C(CC#N)N(c2ccc(Br)cc2)C1. The first kappa shape index (κ1) is 14.9. The summed E-state index contributed by atoms with van der Waals surface area (Å²) in [7, 11) is 1.81. The van der Waals surface area contributed by atoms with Gasteiger partial charge in [0.25, 0.3) is 0 Å². The van der Waals surface area contributed by atoms with Crippen molar-refractivity contribution in [2.45, 2.75) is 19.4 Å². The molecular formula is C15H18BrN3O. The Bertz CT molecular complexity index is 523. The Balaban J connectivity index is 2.37. The van der Waals surface area contributed by atoms with Gasteiger partial charge in [0.15, 0.2) is 0 Å². The lowest BCUT2D eigenvalue weighted by Crippen LogP contribution is -2.44. The van der Waals surface area contributed by atoms with Gasteiger partial charge in [-0.3, -0.25) is 4.79 Å². The summed E-state index contributed by atoms with van der Waals surface area (Å²) >= 11 is 3.42. The maximum atomic E-state index is 12.5. The number of nitriles is 1. The van der Waals surface area contributed by atoms with Crippen LogP contribution in [0.5, 0.6) is 0 Å². The van der Waals surface area contributed by atoms with Gasteiger partial charge in [-0.1, -0.05) is 22.9 Å². The lowest BCUT2D eigenvalue weighted by Gasteiger charge is -2.30. The molecule has 1 aromatic carbocycles. The van der Waals surface area contributed by atoms with Crippen molar-refractivity contribution in [3.8, 4) is 6.07 Å². The van der Waals surface area contributed by atoms with Crippen molar-refractivity contribution in [2.24, 2.45) is 5.92 Å². The van der Waals surface area contributed by atoms with E-state index in [0.29, 0.717) is 5.92 Å². The van der Waals surface area contributed by atoms with Crippen molar-refractivity contribution in [3.63, 3.8) is 0 Å². The Labute approximate surface area is 128 Å². The van der Waals surface area contributed by atoms with Gasteiger partial charge < -0.3 is 9.80 Å². The fourth-order valence-corrected chi connectivity index (χ4v) is 2.93. The average Bonchev–Trinajstić information content (AvgIpc) is 2.52. The average molecular weight is 336 g/mol. The maximum Gasteiger partial charge on any atom is 0.246 e. The van der Waals surface area contributed by atoms with Gasteiger partial charge in [0.05, 0.1) is 12.5 Å². The van der Waals surface area contributed by atoms with E-state index >= 15 is 0 Å². The van der Waals surface area contributed by atoms with Crippen LogP contribution in [-0.4, -0.2) is 37.0 Å². The predicted molar refractivity (Wildman–Crippen MR) is 82.3 cm³/mol. The zero-order chi connectivity index (χ0) is 14.7.